The Morgan fingerprint density at radius 1 is 1.05 bits per heavy atom. The van der Waals surface area contributed by atoms with Crippen LogP contribution in [0.3, 0.4) is 0 Å². The summed E-state index contributed by atoms with van der Waals surface area (Å²) in [5.41, 5.74) is 9.31. The number of para-hydroxylation sites is 1. The van der Waals surface area contributed by atoms with Gasteiger partial charge in [0.15, 0.2) is 11.7 Å². The minimum atomic E-state index is 0.0128. The molecule has 98 valence electrons. The number of anilines is 1. The Morgan fingerprint density at radius 2 is 1.75 bits per heavy atom. The minimum absolute atomic E-state index is 0.0128. The van der Waals surface area contributed by atoms with E-state index < -0.39 is 0 Å². The number of aliphatic imine (C=N–C) groups is 1. The molecule has 20 heavy (non-hydrogen) atoms. The molecule has 2 aliphatic heterocycles. The van der Waals surface area contributed by atoms with Crippen LogP contribution in [0.1, 0.15) is 27.5 Å². The summed E-state index contributed by atoms with van der Waals surface area (Å²) in [6.45, 7) is 0.588. The number of hydrogen-bond donors (Lipinski definition) is 1. The smallest absolute Gasteiger partial charge is 0.196 e. The van der Waals surface area contributed by atoms with E-state index in [0.29, 0.717) is 18.1 Å². The molecule has 0 aromatic heterocycles. The highest BCUT2D eigenvalue weighted by atomic mass is 16.1. The Labute approximate surface area is 116 Å². The normalized spacial score (nSPS) is 19.8. The Hall–Kier alpha value is -2.62. The number of ketones is 1. The number of carbonyl (C=O) groups is 1. The molecule has 4 nitrogen and oxygen atoms in total. The fraction of sp³-hybridized carbons (Fsp3) is 0.125. The van der Waals surface area contributed by atoms with E-state index >= 15 is 0 Å². The molecular weight excluding hydrogens is 250 g/mol. The van der Waals surface area contributed by atoms with E-state index in [2.05, 4.69) is 4.99 Å². The third kappa shape index (κ3) is 1.36. The minimum Gasteiger partial charge on any atom is -0.369 e. The summed E-state index contributed by atoms with van der Waals surface area (Å²) in [6.07, 6.45) is 0. The molecule has 1 atom stereocenters. The molecule has 0 spiro atoms. The molecule has 0 unspecified atom stereocenters. The fourth-order valence-corrected chi connectivity index (χ4v) is 3.04. The zero-order chi connectivity index (χ0) is 13.7. The molecule has 0 saturated heterocycles. The first-order valence-electron chi connectivity index (χ1n) is 6.59. The third-order valence-corrected chi connectivity index (χ3v) is 3.96. The van der Waals surface area contributed by atoms with Gasteiger partial charge in [-0.2, -0.15) is 0 Å². The topological polar surface area (TPSA) is 58.7 Å². The third-order valence-electron chi connectivity index (χ3n) is 3.96. The zero-order valence-corrected chi connectivity index (χ0v) is 10.8. The summed E-state index contributed by atoms with van der Waals surface area (Å²) in [5, 5.41) is 0. The van der Waals surface area contributed by atoms with Crippen molar-refractivity contribution in [2.45, 2.75) is 6.04 Å². The molecule has 2 aromatic carbocycles. The van der Waals surface area contributed by atoms with Crippen molar-refractivity contribution in [2.24, 2.45) is 10.7 Å². The van der Waals surface area contributed by atoms with Crippen LogP contribution >= 0.6 is 0 Å². The highest BCUT2D eigenvalue weighted by molar-refractivity contribution is 6.17. The largest absolute Gasteiger partial charge is 0.369 e. The van der Waals surface area contributed by atoms with Crippen molar-refractivity contribution in [2.75, 3.05) is 11.4 Å². The Balaban J connectivity index is 2.05. The first-order valence-corrected chi connectivity index (χ1v) is 6.59. The molecule has 0 bridgehead atoms. The predicted octanol–water partition coefficient (Wildman–Crippen LogP) is 2.11. The van der Waals surface area contributed by atoms with Gasteiger partial charge in [-0.3, -0.25) is 9.79 Å². The van der Waals surface area contributed by atoms with Crippen LogP contribution in [-0.4, -0.2) is 18.3 Å². The quantitative estimate of drug-likeness (QED) is 0.792. The lowest BCUT2D eigenvalue weighted by Crippen LogP contribution is -2.36. The van der Waals surface area contributed by atoms with E-state index in [0.717, 1.165) is 16.8 Å². The van der Waals surface area contributed by atoms with E-state index in [1.807, 2.05) is 53.4 Å². The van der Waals surface area contributed by atoms with Crippen LogP contribution in [0.15, 0.2) is 53.5 Å². The van der Waals surface area contributed by atoms with Crippen LogP contribution in [0.25, 0.3) is 0 Å². The lowest BCUT2D eigenvalue weighted by Gasteiger charge is -2.26. The summed E-state index contributed by atoms with van der Waals surface area (Å²) in [4.78, 5) is 19.1. The fourth-order valence-electron chi connectivity index (χ4n) is 3.04. The summed E-state index contributed by atoms with van der Waals surface area (Å²) in [5.74, 6) is 0.533. The van der Waals surface area contributed by atoms with Crippen molar-refractivity contribution in [3.05, 3.63) is 65.2 Å². The van der Waals surface area contributed by atoms with Gasteiger partial charge in [-0.25, -0.2) is 0 Å². The van der Waals surface area contributed by atoms with Crippen molar-refractivity contribution in [1.82, 2.24) is 0 Å². The number of nitrogens with zero attached hydrogens (tertiary/aromatic N) is 2. The highest BCUT2D eigenvalue weighted by Crippen LogP contribution is 2.39. The first kappa shape index (κ1) is 11.2. The summed E-state index contributed by atoms with van der Waals surface area (Å²) >= 11 is 0. The van der Waals surface area contributed by atoms with Crippen LogP contribution in [0.2, 0.25) is 0 Å². The highest BCUT2D eigenvalue weighted by Gasteiger charge is 2.36. The van der Waals surface area contributed by atoms with Crippen molar-refractivity contribution >= 4 is 17.4 Å². The van der Waals surface area contributed by atoms with Gasteiger partial charge in [0.1, 0.15) is 0 Å². The summed E-state index contributed by atoms with van der Waals surface area (Å²) in [6, 6.07) is 15.3. The molecule has 0 fully saturated rings. The van der Waals surface area contributed by atoms with Crippen LogP contribution in [0, 0.1) is 0 Å². The average Bonchev–Trinajstić information content (AvgIpc) is 2.83. The second kappa shape index (κ2) is 3.93. The number of hydrogen-bond acceptors (Lipinski definition) is 4. The second-order valence-electron chi connectivity index (χ2n) is 5.02. The van der Waals surface area contributed by atoms with Gasteiger partial charge in [0, 0.05) is 11.1 Å². The number of fused-ring (bicyclic) bond motifs is 5. The molecule has 0 radical (unpaired) electrons. The van der Waals surface area contributed by atoms with E-state index in [4.69, 9.17) is 5.73 Å². The van der Waals surface area contributed by atoms with Gasteiger partial charge >= 0.3 is 0 Å². The molecule has 2 N–H and O–H groups in total. The maximum atomic E-state index is 12.8. The van der Waals surface area contributed by atoms with Crippen molar-refractivity contribution in [1.29, 1.82) is 0 Å². The Kier molecular flexibility index (Phi) is 2.21. The average molecular weight is 263 g/mol. The van der Waals surface area contributed by atoms with Gasteiger partial charge in [-0.1, -0.05) is 36.4 Å². The van der Waals surface area contributed by atoms with Gasteiger partial charge in [0.2, 0.25) is 0 Å². The van der Waals surface area contributed by atoms with Crippen LogP contribution in [0.5, 0.6) is 0 Å². The first-order chi connectivity index (χ1) is 9.77. The number of benzene rings is 2. The van der Waals surface area contributed by atoms with Crippen LogP contribution < -0.4 is 10.6 Å². The van der Waals surface area contributed by atoms with Gasteiger partial charge in [-0.05, 0) is 17.7 Å². The SMILES string of the molecule is NC1=NC[C@@H]2c3ccccc3C(=O)c3ccccc3N12. The van der Waals surface area contributed by atoms with Crippen LogP contribution in [-0.2, 0) is 0 Å². The lowest BCUT2D eigenvalue weighted by molar-refractivity contribution is 0.103. The zero-order valence-electron chi connectivity index (χ0n) is 10.8. The lowest BCUT2D eigenvalue weighted by atomic mass is 9.96. The predicted molar refractivity (Wildman–Crippen MR) is 78.0 cm³/mol. The standard InChI is InChI=1S/C16H13N3O/c17-16-18-9-14-10-5-1-2-6-11(10)15(20)12-7-3-4-8-13(12)19(14)16/h1-8,14H,9H2,(H2,17,18)/t14-/m1/s1. The molecular formula is C16H13N3O. The molecule has 2 aliphatic rings. The molecule has 0 aliphatic carbocycles. The number of rotatable bonds is 0. The second-order valence-corrected chi connectivity index (χ2v) is 5.02. The van der Waals surface area contributed by atoms with E-state index in [1.54, 1.807) is 0 Å². The van der Waals surface area contributed by atoms with Gasteiger partial charge in [-0.15, -0.1) is 0 Å². The monoisotopic (exact) mass is 263 g/mol. The Morgan fingerprint density at radius 3 is 2.60 bits per heavy atom. The summed E-state index contributed by atoms with van der Waals surface area (Å²) < 4.78 is 0. The number of guanidine groups is 1. The van der Waals surface area contributed by atoms with Crippen molar-refractivity contribution in [3.8, 4) is 0 Å². The maximum absolute atomic E-state index is 12.8. The van der Waals surface area contributed by atoms with E-state index in [1.165, 1.54) is 0 Å². The van der Waals surface area contributed by atoms with E-state index in [9.17, 15) is 4.79 Å². The number of nitrogens with two attached hydrogens (primary N) is 1. The van der Waals surface area contributed by atoms with Gasteiger partial charge in [0.25, 0.3) is 0 Å². The molecule has 0 saturated carbocycles. The Bertz CT molecular complexity index is 751. The molecule has 2 heterocycles. The van der Waals surface area contributed by atoms with E-state index in [-0.39, 0.29) is 11.8 Å². The molecule has 0 amide bonds. The van der Waals surface area contributed by atoms with Gasteiger partial charge < -0.3 is 10.6 Å². The van der Waals surface area contributed by atoms with Crippen molar-refractivity contribution in [3.63, 3.8) is 0 Å². The van der Waals surface area contributed by atoms with Gasteiger partial charge in [0.05, 0.1) is 18.3 Å². The molecule has 2 aromatic rings. The molecule has 4 rings (SSSR count). The molecule has 4 heteroatoms. The van der Waals surface area contributed by atoms with Crippen LogP contribution in [0.4, 0.5) is 5.69 Å². The maximum Gasteiger partial charge on any atom is 0.196 e. The number of carbonyl (C=O) groups excluding carboxylic acids is 1. The van der Waals surface area contributed by atoms with Crippen molar-refractivity contribution < 1.29 is 4.79 Å². The summed E-state index contributed by atoms with van der Waals surface area (Å²) in [7, 11) is 0.